The predicted octanol–water partition coefficient (Wildman–Crippen LogP) is 2.47. The first kappa shape index (κ1) is 15.0. The fourth-order valence-electron chi connectivity index (χ4n) is 2.86. The van der Waals surface area contributed by atoms with Crippen LogP contribution in [0.2, 0.25) is 0 Å². The van der Waals surface area contributed by atoms with Crippen LogP contribution in [-0.2, 0) is 11.2 Å². The maximum absolute atomic E-state index is 12.0. The number of hydrogen-bond donors (Lipinski definition) is 1. The van der Waals surface area contributed by atoms with Crippen LogP contribution in [0.25, 0.3) is 0 Å². The van der Waals surface area contributed by atoms with Gasteiger partial charge >= 0.3 is 0 Å². The lowest BCUT2D eigenvalue weighted by Crippen LogP contribution is -2.40. The van der Waals surface area contributed by atoms with E-state index < -0.39 is 0 Å². The van der Waals surface area contributed by atoms with E-state index in [1.54, 1.807) is 0 Å². The Morgan fingerprint density at radius 1 is 1.25 bits per heavy atom. The molecule has 1 saturated heterocycles. The van der Waals surface area contributed by atoms with Crippen LogP contribution in [0.4, 0.5) is 0 Å². The summed E-state index contributed by atoms with van der Waals surface area (Å²) in [5.74, 6) is 1.04. The maximum atomic E-state index is 12.0. The molecular formula is C17H26N2O. The Morgan fingerprint density at radius 2 is 1.95 bits per heavy atom. The standard InChI is InChI=1S/C17H26N2O/c1-2-18-11-8-17(20)19-12-9-16(10-13-19)14-15-6-4-3-5-7-15/h3-7,16,18H,2,8-14H2,1H3. The summed E-state index contributed by atoms with van der Waals surface area (Å²) in [6, 6.07) is 10.7. The van der Waals surface area contributed by atoms with Gasteiger partial charge in [-0.2, -0.15) is 0 Å². The lowest BCUT2D eigenvalue weighted by molar-refractivity contribution is -0.132. The molecule has 0 radical (unpaired) electrons. The molecule has 0 bridgehead atoms. The van der Waals surface area contributed by atoms with Gasteiger partial charge in [0.2, 0.25) is 5.91 Å². The highest BCUT2D eigenvalue weighted by Crippen LogP contribution is 2.21. The zero-order valence-corrected chi connectivity index (χ0v) is 12.5. The number of amides is 1. The first-order chi connectivity index (χ1) is 9.79. The lowest BCUT2D eigenvalue weighted by atomic mass is 9.90. The third-order valence-electron chi connectivity index (χ3n) is 4.10. The molecule has 1 amide bonds. The molecule has 0 unspecified atom stereocenters. The SMILES string of the molecule is CCNCCC(=O)N1CCC(Cc2ccccc2)CC1. The average Bonchev–Trinajstić information content (AvgIpc) is 2.49. The lowest BCUT2D eigenvalue weighted by Gasteiger charge is -2.32. The fraction of sp³-hybridized carbons (Fsp3) is 0.588. The predicted molar refractivity (Wildman–Crippen MR) is 82.6 cm³/mol. The number of piperidine rings is 1. The summed E-state index contributed by atoms with van der Waals surface area (Å²) < 4.78 is 0. The van der Waals surface area contributed by atoms with Crippen molar-refractivity contribution in [1.29, 1.82) is 0 Å². The van der Waals surface area contributed by atoms with Crippen molar-refractivity contribution >= 4 is 5.91 Å². The monoisotopic (exact) mass is 274 g/mol. The third kappa shape index (κ3) is 4.64. The van der Waals surface area contributed by atoms with Gasteiger partial charge in [0, 0.05) is 26.1 Å². The first-order valence-corrected chi connectivity index (χ1v) is 7.82. The number of likely N-dealkylation sites (tertiary alicyclic amines) is 1. The van der Waals surface area contributed by atoms with Crippen LogP contribution in [0.5, 0.6) is 0 Å². The summed E-state index contributed by atoms with van der Waals surface area (Å²) >= 11 is 0. The Hall–Kier alpha value is -1.35. The molecule has 110 valence electrons. The number of rotatable bonds is 6. The highest BCUT2D eigenvalue weighted by atomic mass is 16.2. The van der Waals surface area contributed by atoms with Crippen LogP contribution in [0.3, 0.4) is 0 Å². The molecule has 1 N–H and O–H groups in total. The molecular weight excluding hydrogens is 248 g/mol. The minimum atomic E-state index is 0.309. The number of carbonyl (C=O) groups is 1. The van der Waals surface area contributed by atoms with Gasteiger partial charge in [-0.15, -0.1) is 0 Å². The van der Waals surface area contributed by atoms with Crippen molar-refractivity contribution in [1.82, 2.24) is 10.2 Å². The molecule has 1 aromatic rings. The van der Waals surface area contributed by atoms with Gasteiger partial charge in [0.05, 0.1) is 0 Å². The fourth-order valence-corrected chi connectivity index (χ4v) is 2.86. The molecule has 0 aromatic heterocycles. The van der Waals surface area contributed by atoms with Crippen LogP contribution in [-0.4, -0.2) is 37.0 Å². The minimum absolute atomic E-state index is 0.309. The van der Waals surface area contributed by atoms with E-state index in [2.05, 4.69) is 42.6 Å². The smallest absolute Gasteiger partial charge is 0.223 e. The molecule has 0 saturated carbocycles. The molecule has 3 heteroatoms. The van der Waals surface area contributed by atoms with Crippen molar-refractivity contribution in [3.8, 4) is 0 Å². The summed E-state index contributed by atoms with van der Waals surface area (Å²) in [6.07, 6.45) is 4.07. The van der Waals surface area contributed by atoms with Crippen LogP contribution in [0, 0.1) is 5.92 Å². The van der Waals surface area contributed by atoms with Crippen molar-refractivity contribution in [3.63, 3.8) is 0 Å². The summed E-state index contributed by atoms with van der Waals surface area (Å²) in [6.45, 7) is 5.68. The zero-order chi connectivity index (χ0) is 14.2. The van der Waals surface area contributed by atoms with E-state index in [9.17, 15) is 4.79 Å². The molecule has 2 rings (SSSR count). The van der Waals surface area contributed by atoms with Crippen LogP contribution < -0.4 is 5.32 Å². The van der Waals surface area contributed by atoms with Crippen LogP contribution in [0.15, 0.2) is 30.3 Å². The van der Waals surface area contributed by atoms with Gasteiger partial charge in [0.25, 0.3) is 0 Å². The van der Waals surface area contributed by atoms with Gasteiger partial charge < -0.3 is 10.2 Å². The van der Waals surface area contributed by atoms with Gasteiger partial charge in [0.1, 0.15) is 0 Å². The van der Waals surface area contributed by atoms with Crippen molar-refractivity contribution in [2.24, 2.45) is 5.92 Å². The van der Waals surface area contributed by atoms with Crippen molar-refractivity contribution in [2.45, 2.75) is 32.6 Å². The van der Waals surface area contributed by atoms with Gasteiger partial charge in [-0.25, -0.2) is 0 Å². The number of benzene rings is 1. The third-order valence-corrected chi connectivity index (χ3v) is 4.10. The molecule has 1 aliphatic heterocycles. The Kier molecular flexibility index (Phi) is 6.06. The van der Waals surface area contributed by atoms with Crippen molar-refractivity contribution in [3.05, 3.63) is 35.9 Å². The molecule has 0 atom stereocenters. The van der Waals surface area contributed by atoms with Gasteiger partial charge in [-0.3, -0.25) is 4.79 Å². The molecule has 3 nitrogen and oxygen atoms in total. The summed E-state index contributed by atoms with van der Waals surface area (Å²) in [4.78, 5) is 14.1. The Morgan fingerprint density at radius 3 is 2.60 bits per heavy atom. The average molecular weight is 274 g/mol. The molecule has 1 aliphatic rings. The molecule has 1 aromatic carbocycles. The summed E-state index contributed by atoms with van der Waals surface area (Å²) in [5, 5.41) is 3.21. The van der Waals surface area contributed by atoms with E-state index >= 15 is 0 Å². The number of nitrogens with zero attached hydrogens (tertiary/aromatic N) is 1. The Labute approximate surface area is 122 Å². The normalized spacial score (nSPS) is 16.4. The molecule has 20 heavy (non-hydrogen) atoms. The van der Waals surface area contributed by atoms with Gasteiger partial charge in [-0.1, -0.05) is 37.3 Å². The zero-order valence-electron chi connectivity index (χ0n) is 12.5. The number of nitrogens with one attached hydrogen (secondary N) is 1. The second kappa shape index (κ2) is 8.05. The second-order valence-corrected chi connectivity index (χ2v) is 5.62. The van der Waals surface area contributed by atoms with Crippen molar-refractivity contribution < 1.29 is 4.79 Å². The molecule has 1 heterocycles. The number of carbonyl (C=O) groups excluding carboxylic acids is 1. The minimum Gasteiger partial charge on any atom is -0.343 e. The van der Waals surface area contributed by atoms with Gasteiger partial charge in [0.15, 0.2) is 0 Å². The summed E-state index contributed by atoms with van der Waals surface area (Å²) in [7, 11) is 0. The second-order valence-electron chi connectivity index (χ2n) is 5.62. The molecule has 0 aliphatic carbocycles. The summed E-state index contributed by atoms with van der Waals surface area (Å²) in [5.41, 5.74) is 1.42. The molecule has 1 fully saturated rings. The van der Waals surface area contributed by atoms with E-state index in [-0.39, 0.29) is 0 Å². The highest BCUT2D eigenvalue weighted by molar-refractivity contribution is 5.76. The number of hydrogen-bond acceptors (Lipinski definition) is 2. The van der Waals surface area contributed by atoms with E-state index in [4.69, 9.17) is 0 Å². The van der Waals surface area contributed by atoms with Crippen LogP contribution >= 0.6 is 0 Å². The largest absolute Gasteiger partial charge is 0.343 e. The first-order valence-electron chi connectivity index (χ1n) is 7.82. The van der Waals surface area contributed by atoms with Gasteiger partial charge in [-0.05, 0) is 37.3 Å². The van der Waals surface area contributed by atoms with Crippen molar-refractivity contribution in [2.75, 3.05) is 26.2 Å². The molecule has 0 spiro atoms. The highest BCUT2D eigenvalue weighted by Gasteiger charge is 2.22. The topological polar surface area (TPSA) is 32.3 Å². The van der Waals surface area contributed by atoms with E-state index in [1.165, 1.54) is 5.56 Å². The van der Waals surface area contributed by atoms with E-state index in [1.807, 2.05) is 4.90 Å². The quantitative estimate of drug-likeness (QED) is 0.808. The Bertz CT molecular complexity index is 397. The van der Waals surface area contributed by atoms with Crippen LogP contribution in [0.1, 0.15) is 31.7 Å². The van der Waals surface area contributed by atoms with E-state index in [0.29, 0.717) is 12.3 Å². The Balaban J connectivity index is 1.71. The van der Waals surface area contributed by atoms with E-state index in [0.717, 1.165) is 51.4 Å². The maximum Gasteiger partial charge on any atom is 0.223 e.